The van der Waals surface area contributed by atoms with Crippen LogP contribution in [0.15, 0.2) is 66.1 Å². The van der Waals surface area contributed by atoms with Crippen LogP contribution in [-0.2, 0) is 22.9 Å². The number of ether oxygens (including phenoxy) is 3. The number of hydrogen-bond acceptors (Lipinski definition) is 12. The van der Waals surface area contributed by atoms with Crippen molar-refractivity contribution in [2.75, 3.05) is 43.4 Å². The fourth-order valence-corrected chi connectivity index (χ4v) is 6.09. The lowest BCUT2D eigenvalue weighted by atomic mass is 10.1. The molecule has 4 heterocycles. The van der Waals surface area contributed by atoms with E-state index in [-0.39, 0.29) is 35.8 Å². The topological polar surface area (TPSA) is 133 Å². The minimum Gasteiger partial charge on any atom is -0.497 e. The first-order valence-corrected chi connectivity index (χ1v) is 16.8. The third-order valence-electron chi connectivity index (χ3n) is 7.78. The Morgan fingerprint density at radius 3 is 2.13 bits per heavy atom. The molecule has 0 bridgehead atoms. The molecule has 0 aliphatic carbocycles. The fourth-order valence-electron chi connectivity index (χ4n) is 5.41. The summed E-state index contributed by atoms with van der Waals surface area (Å²) in [6, 6.07) is 15.0. The van der Waals surface area contributed by atoms with E-state index in [9.17, 15) is 8.42 Å². The number of rotatable bonds is 10. The molecule has 0 saturated carbocycles. The Hall–Kier alpha value is -4.82. The zero-order valence-corrected chi connectivity index (χ0v) is 27.6. The number of methoxy groups -OCH3 is 2. The Bertz CT molecular complexity index is 1990. The summed E-state index contributed by atoms with van der Waals surface area (Å²) in [5, 5.41) is -0.921. The zero-order chi connectivity index (χ0) is 33.3. The van der Waals surface area contributed by atoms with Gasteiger partial charge in [0.15, 0.2) is 16.8 Å². The molecule has 6 rings (SSSR count). The normalized spacial score (nSPS) is 13.5. The maximum Gasteiger partial charge on any atom is 0.249 e. The summed E-state index contributed by atoms with van der Waals surface area (Å²) in [4.78, 5) is 26.0. The Balaban J connectivity index is 1.47. The Kier molecular flexibility index (Phi) is 8.97. The maximum absolute atomic E-state index is 15.4. The van der Waals surface area contributed by atoms with E-state index in [1.165, 1.54) is 0 Å². The smallest absolute Gasteiger partial charge is 0.249 e. The van der Waals surface area contributed by atoms with Crippen molar-refractivity contribution in [2.45, 2.75) is 31.2 Å². The number of nitrogens with zero attached hydrogens (tertiary/aromatic N) is 7. The summed E-state index contributed by atoms with van der Waals surface area (Å²) in [6.07, 6.45) is 4.17. The summed E-state index contributed by atoms with van der Waals surface area (Å²) >= 11 is 6.06. The number of anilines is 2. The second-order valence-electron chi connectivity index (χ2n) is 10.9. The lowest BCUT2D eigenvalue weighted by Gasteiger charge is -2.32. The molecule has 3 aromatic heterocycles. The molecular weight excluding hydrogens is 649 g/mol. The lowest BCUT2D eigenvalue weighted by Crippen LogP contribution is -2.34. The summed E-state index contributed by atoms with van der Waals surface area (Å²) in [7, 11) is -0.708. The molecule has 244 valence electrons. The van der Waals surface area contributed by atoms with E-state index in [1.54, 1.807) is 31.5 Å². The summed E-state index contributed by atoms with van der Waals surface area (Å²) in [5.41, 5.74) is 2.29. The van der Waals surface area contributed by atoms with Gasteiger partial charge in [0.05, 0.1) is 26.8 Å². The van der Waals surface area contributed by atoms with Gasteiger partial charge in [0.25, 0.3) is 0 Å². The minimum atomic E-state index is -3.95. The highest BCUT2D eigenvalue weighted by molar-refractivity contribution is 7.90. The van der Waals surface area contributed by atoms with Crippen molar-refractivity contribution in [1.82, 2.24) is 24.9 Å². The first kappa shape index (κ1) is 32.1. The van der Waals surface area contributed by atoms with Crippen molar-refractivity contribution in [2.24, 2.45) is 0 Å². The Labute approximate surface area is 276 Å². The van der Waals surface area contributed by atoms with Crippen LogP contribution in [0.1, 0.15) is 29.8 Å². The van der Waals surface area contributed by atoms with E-state index in [0.717, 1.165) is 28.9 Å². The lowest BCUT2D eigenvalue weighted by molar-refractivity contribution is 0.315. The second kappa shape index (κ2) is 13.1. The molecule has 1 atom stereocenters. The van der Waals surface area contributed by atoms with Gasteiger partial charge in [0.2, 0.25) is 20.9 Å². The number of halogens is 2. The molecule has 47 heavy (non-hydrogen) atoms. The van der Waals surface area contributed by atoms with Crippen molar-refractivity contribution in [1.29, 1.82) is 0 Å². The summed E-state index contributed by atoms with van der Waals surface area (Å²) < 4.78 is 57.2. The van der Waals surface area contributed by atoms with Gasteiger partial charge < -0.3 is 24.0 Å². The van der Waals surface area contributed by atoms with E-state index < -0.39 is 32.0 Å². The fraction of sp³-hybridized carbons (Fsp3) is 0.281. The number of aromatic nitrogens is 5. The molecule has 15 heteroatoms. The van der Waals surface area contributed by atoms with Crippen LogP contribution in [0.3, 0.4) is 0 Å². The van der Waals surface area contributed by atoms with Crippen molar-refractivity contribution >= 4 is 44.0 Å². The molecule has 5 aromatic rings. The van der Waals surface area contributed by atoms with Crippen LogP contribution in [0.25, 0.3) is 10.9 Å². The Morgan fingerprint density at radius 2 is 1.55 bits per heavy atom. The molecule has 1 aliphatic rings. The Morgan fingerprint density at radius 1 is 0.957 bits per heavy atom. The third kappa shape index (κ3) is 6.56. The van der Waals surface area contributed by atoms with Crippen LogP contribution in [-0.4, -0.2) is 67.0 Å². The molecule has 0 N–H and O–H groups in total. The van der Waals surface area contributed by atoms with Crippen LogP contribution in [0.2, 0.25) is 5.15 Å². The minimum absolute atomic E-state index is 0.0103. The monoisotopic (exact) mass is 679 g/mol. The van der Waals surface area contributed by atoms with Gasteiger partial charge in [-0.15, -0.1) is 0 Å². The number of pyridine rings is 1. The van der Waals surface area contributed by atoms with Crippen molar-refractivity contribution < 1.29 is 27.0 Å². The predicted octanol–water partition coefficient (Wildman–Crippen LogP) is 5.19. The first-order chi connectivity index (χ1) is 22.6. The quantitative estimate of drug-likeness (QED) is 0.142. The molecule has 0 fully saturated rings. The van der Waals surface area contributed by atoms with Gasteiger partial charge in [0, 0.05) is 31.7 Å². The van der Waals surface area contributed by atoms with E-state index in [4.69, 9.17) is 35.8 Å². The molecule has 0 unspecified atom stereocenters. The largest absolute Gasteiger partial charge is 0.497 e. The van der Waals surface area contributed by atoms with Gasteiger partial charge in [-0.3, -0.25) is 4.98 Å². The van der Waals surface area contributed by atoms with Crippen LogP contribution >= 0.6 is 11.6 Å². The molecule has 0 saturated heterocycles. The average molecular weight is 680 g/mol. The van der Waals surface area contributed by atoms with Gasteiger partial charge in [-0.2, -0.15) is 4.98 Å². The van der Waals surface area contributed by atoms with Crippen molar-refractivity contribution in [3.8, 4) is 17.4 Å². The molecule has 0 spiro atoms. The molecule has 12 nitrogen and oxygen atoms in total. The van der Waals surface area contributed by atoms with Gasteiger partial charge in [0.1, 0.15) is 40.5 Å². The van der Waals surface area contributed by atoms with Gasteiger partial charge in [-0.25, -0.2) is 27.8 Å². The van der Waals surface area contributed by atoms with Crippen LogP contribution in [0.4, 0.5) is 16.0 Å². The zero-order valence-electron chi connectivity index (χ0n) is 26.0. The molecule has 0 radical (unpaired) electrons. The van der Waals surface area contributed by atoms with E-state index in [0.29, 0.717) is 24.6 Å². The molecule has 2 aromatic carbocycles. The maximum atomic E-state index is 15.4. The predicted molar refractivity (Wildman–Crippen MR) is 175 cm³/mol. The number of sulfone groups is 1. The van der Waals surface area contributed by atoms with Gasteiger partial charge in [-0.1, -0.05) is 35.9 Å². The number of benzene rings is 2. The highest BCUT2D eigenvalue weighted by Crippen LogP contribution is 2.41. The van der Waals surface area contributed by atoms with Crippen LogP contribution in [0.5, 0.6) is 17.4 Å². The summed E-state index contributed by atoms with van der Waals surface area (Å²) in [5.74, 6) is 1.24. The molecular formula is C32H31ClFN7O5S. The van der Waals surface area contributed by atoms with Crippen LogP contribution in [0, 0.1) is 5.82 Å². The second-order valence-corrected chi connectivity index (χ2v) is 13.2. The average Bonchev–Trinajstić information content (AvgIpc) is 3.26. The van der Waals surface area contributed by atoms with Crippen LogP contribution < -0.4 is 24.0 Å². The third-order valence-corrected chi connectivity index (χ3v) is 8.88. The van der Waals surface area contributed by atoms with E-state index >= 15 is 4.39 Å². The number of hydrogen-bond donors (Lipinski definition) is 0. The standard InChI is InChI=1S/C32H31ClFN7O5S/c1-19(41-15-16-46-31-24-27(25(34)28(33)38-31)37-32(39-29(24)41)47(4,42)43)26-30(36-14-13-35-26)40(17-20-5-9-22(44-2)10-6-20)18-21-7-11-23(45-3)12-8-21/h5-14,19H,15-18H2,1-4H3/t19-/m1/s1. The highest BCUT2D eigenvalue weighted by atomic mass is 35.5. The van der Waals surface area contributed by atoms with Gasteiger partial charge >= 0.3 is 0 Å². The van der Waals surface area contributed by atoms with Gasteiger partial charge in [-0.05, 0) is 42.3 Å². The highest BCUT2D eigenvalue weighted by Gasteiger charge is 2.33. The van der Waals surface area contributed by atoms with Crippen molar-refractivity contribution in [3.63, 3.8) is 0 Å². The van der Waals surface area contributed by atoms with Crippen molar-refractivity contribution in [3.05, 3.63) is 88.7 Å². The molecule has 1 aliphatic heterocycles. The SMILES string of the molecule is COc1ccc(CN(Cc2ccc(OC)cc2)c2nccnc2[C@@H](C)N2CCOc3nc(Cl)c(F)c4nc(S(C)(=O)=O)nc2c34)cc1. The first-order valence-electron chi connectivity index (χ1n) is 14.5. The van der Waals surface area contributed by atoms with E-state index in [1.807, 2.05) is 55.5 Å². The summed E-state index contributed by atoms with van der Waals surface area (Å²) in [6.45, 7) is 3.20. The molecule has 0 amide bonds. The van der Waals surface area contributed by atoms with E-state index in [2.05, 4.69) is 19.9 Å².